The minimum absolute atomic E-state index is 0.0973. The van der Waals surface area contributed by atoms with Crippen molar-refractivity contribution in [3.8, 4) is 34.5 Å². The van der Waals surface area contributed by atoms with Gasteiger partial charge in [0.1, 0.15) is 0 Å². The molecule has 240 valence electrons. The van der Waals surface area contributed by atoms with Gasteiger partial charge in [-0.2, -0.15) is 0 Å². The van der Waals surface area contributed by atoms with Crippen LogP contribution in [-0.4, -0.2) is 36.6 Å². The van der Waals surface area contributed by atoms with Gasteiger partial charge in [-0.1, -0.05) is 79.1 Å². The lowest BCUT2D eigenvalue weighted by Crippen LogP contribution is -2.03. The van der Waals surface area contributed by atoms with Crippen molar-refractivity contribution in [3.05, 3.63) is 36.4 Å². The topological polar surface area (TPSA) is 77.4 Å². The van der Waals surface area contributed by atoms with Crippen molar-refractivity contribution in [2.45, 2.75) is 105 Å². The van der Waals surface area contributed by atoms with Crippen molar-refractivity contribution < 1.29 is 29.2 Å². The highest BCUT2D eigenvalue weighted by atomic mass is 16.5. The second-order valence-corrected chi connectivity index (χ2v) is 11.8. The molecule has 0 aromatic heterocycles. The first-order valence-electron chi connectivity index (χ1n) is 17.0. The molecule has 0 aliphatic rings. The molecule has 0 radical (unpaired) electrons. The van der Waals surface area contributed by atoms with E-state index in [0.717, 1.165) is 109 Å². The highest BCUT2D eigenvalue weighted by Gasteiger charge is 2.19. The molecule has 0 bridgehead atoms. The Balaban J connectivity index is 1.91. The Morgan fingerprint density at radius 2 is 0.614 bits per heavy atom. The third-order valence-corrected chi connectivity index (χ3v) is 8.17. The molecule has 4 aromatic carbocycles. The van der Waals surface area contributed by atoms with Crippen molar-refractivity contribution in [3.63, 3.8) is 0 Å². The fraction of sp³-hybridized carbons (Fsp3) is 0.526. The van der Waals surface area contributed by atoms with E-state index in [4.69, 9.17) is 18.9 Å². The van der Waals surface area contributed by atoms with Crippen molar-refractivity contribution in [2.24, 2.45) is 0 Å². The van der Waals surface area contributed by atoms with Crippen LogP contribution < -0.4 is 18.9 Å². The monoisotopic (exact) mass is 604 g/mol. The van der Waals surface area contributed by atoms with Crippen molar-refractivity contribution in [1.82, 2.24) is 0 Å². The van der Waals surface area contributed by atoms with Crippen molar-refractivity contribution in [1.29, 1.82) is 0 Å². The Labute approximate surface area is 263 Å². The van der Waals surface area contributed by atoms with Gasteiger partial charge < -0.3 is 29.2 Å². The maximum Gasteiger partial charge on any atom is 0.161 e. The molecule has 6 heteroatoms. The number of fused-ring (bicyclic) bond motifs is 6. The zero-order chi connectivity index (χ0) is 31.3. The Bertz CT molecular complexity index is 1460. The molecular formula is C38H52O6. The van der Waals surface area contributed by atoms with Gasteiger partial charge in [-0.3, -0.25) is 0 Å². The smallest absolute Gasteiger partial charge is 0.161 e. The van der Waals surface area contributed by atoms with Crippen LogP contribution in [-0.2, 0) is 0 Å². The summed E-state index contributed by atoms with van der Waals surface area (Å²) in [5.41, 5.74) is 0. The van der Waals surface area contributed by atoms with E-state index in [0.29, 0.717) is 49.4 Å². The summed E-state index contributed by atoms with van der Waals surface area (Å²) in [5.74, 6) is 2.53. The highest BCUT2D eigenvalue weighted by molar-refractivity contribution is 6.26. The van der Waals surface area contributed by atoms with Gasteiger partial charge in [0.2, 0.25) is 0 Å². The Morgan fingerprint density at radius 1 is 0.364 bits per heavy atom. The van der Waals surface area contributed by atoms with Crippen LogP contribution in [0.2, 0.25) is 0 Å². The zero-order valence-corrected chi connectivity index (χ0v) is 27.3. The van der Waals surface area contributed by atoms with Crippen LogP contribution in [0, 0.1) is 0 Å². The molecule has 0 heterocycles. The largest absolute Gasteiger partial charge is 0.504 e. The average Bonchev–Trinajstić information content (AvgIpc) is 3.02. The SMILES string of the molecule is CCCCCOc1cc2c(cc1O)c1cc(OCCCCC)c(O)cc1c1cc(OCCCCC)c(OCCCCC)cc21. The first kappa shape index (κ1) is 33.4. The Morgan fingerprint density at radius 3 is 0.909 bits per heavy atom. The van der Waals surface area contributed by atoms with Crippen LogP contribution in [0.5, 0.6) is 34.5 Å². The van der Waals surface area contributed by atoms with Gasteiger partial charge in [0.25, 0.3) is 0 Å². The van der Waals surface area contributed by atoms with Crippen LogP contribution in [0.15, 0.2) is 36.4 Å². The zero-order valence-electron chi connectivity index (χ0n) is 27.3. The van der Waals surface area contributed by atoms with Crippen molar-refractivity contribution >= 4 is 32.3 Å². The van der Waals surface area contributed by atoms with E-state index >= 15 is 0 Å². The average molecular weight is 605 g/mol. The summed E-state index contributed by atoms with van der Waals surface area (Å²) in [6, 6.07) is 11.5. The number of aromatic hydroxyl groups is 2. The fourth-order valence-electron chi connectivity index (χ4n) is 5.63. The molecule has 0 aliphatic heterocycles. The maximum absolute atomic E-state index is 11.1. The molecule has 4 rings (SSSR count). The summed E-state index contributed by atoms with van der Waals surface area (Å²) < 4.78 is 24.8. The van der Waals surface area contributed by atoms with Gasteiger partial charge in [-0.05, 0) is 94.4 Å². The standard InChI is InChI=1S/C38H52O6/c1-5-9-13-17-41-35-23-29-27-21-33(39)36(42-18-14-10-6-2)24-30(27)32-26-38(44-20-16-12-8-4)37(43-19-15-11-7-3)25-31(32)28(29)22-34(35)40/h21-26,39-40H,5-20H2,1-4H3. The normalized spacial score (nSPS) is 11.5. The highest BCUT2D eigenvalue weighted by Crippen LogP contribution is 2.46. The van der Waals surface area contributed by atoms with Gasteiger partial charge in [0.15, 0.2) is 34.5 Å². The quantitative estimate of drug-likeness (QED) is 0.0772. The molecule has 44 heavy (non-hydrogen) atoms. The molecule has 4 aromatic rings. The number of benzene rings is 4. The van der Waals surface area contributed by atoms with Crippen LogP contribution >= 0.6 is 0 Å². The van der Waals surface area contributed by atoms with Crippen LogP contribution in [0.3, 0.4) is 0 Å². The number of phenolic OH excluding ortho intramolecular Hbond substituents is 2. The Kier molecular flexibility index (Phi) is 12.9. The minimum atomic E-state index is 0.0973. The fourth-order valence-corrected chi connectivity index (χ4v) is 5.63. The molecule has 0 fully saturated rings. The summed E-state index contributed by atoms with van der Waals surface area (Å²) >= 11 is 0. The van der Waals surface area contributed by atoms with E-state index in [1.165, 1.54) is 0 Å². The molecule has 0 atom stereocenters. The van der Waals surface area contributed by atoms with E-state index in [1.54, 1.807) is 12.1 Å². The van der Waals surface area contributed by atoms with Gasteiger partial charge in [0.05, 0.1) is 26.4 Å². The van der Waals surface area contributed by atoms with Crippen molar-refractivity contribution in [2.75, 3.05) is 26.4 Å². The molecule has 2 N–H and O–H groups in total. The van der Waals surface area contributed by atoms with Crippen LogP contribution in [0.25, 0.3) is 32.3 Å². The Hall–Kier alpha value is -3.54. The predicted octanol–water partition coefficient (Wildman–Crippen LogP) is 10.8. The second-order valence-electron chi connectivity index (χ2n) is 11.8. The second kappa shape index (κ2) is 17.1. The number of hydrogen-bond acceptors (Lipinski definition) is 6. The molecule has 0 saturated heterocycles. The summed E-state index contributed by atoms with van der Waals surface area (Å²) in [6.07, 6.45) is 12.6. The third kappa shape index (κ3) is 8.34. The number of hydrogen-bond donors (Lipinski definition) is 2. The first-order valence-corrected chi connectivity index (χ1v) is 17.0. The van der Waals surface area contributed by atoms with Gasteiger partial charge >= 0.3 is 0 Å². The van der Waals surface area contributed by atoms with Gasteiger partial charge in [-0.15, -0.1) is 0 Å². The number of phenols is 2. The van der Waals surface area contributed by atoms with E-state index < -0.39 is 0 Å². The summed E-state index contributed by atoms with van der Waals surface area (Å²) in [6.45, 7) is 11.0. The lowest BCUT2D eigenvalue weighted by atomic mass is 9.93. The van der Waals surface area contributed by atoms with Crippen LogP contribution in [0.1, 0.15) is 105 Å². The molecule has 0 saturated carbocycles. The molecular weight excluding hydrogens is 552 g/mol. The minimum Gasteiger partial charge on any atom is -0.504 e. The van der Waals surface area contributed by atoms with E-state index in [1.807, 2.05) is 18.2 Å². The van der Waals surface area contributed by atoms with Crippen LogP contribution in [0.4, 0.5) is 0 Å². The lowest BCUT2D eigenvalue weighted by Gasteiger charge is -2.19. The molecule has 0 spiro atoms. The molecule has 0 unspecified atom stereocenters. The summed E-state index contributed by atoms with van der Waals surface area (Å²) in [4.78, 5) is 0. The lowest BCUT2D eigenvalue weighted by molar-refractivity contribution is 0.260. The number of rotatable bonds is 20. The van der Waals surface area contributed by atoms with E-state index in [-0.39, 0.29) is 11.5 Å². The number of ether oxygens (including phenoxy) is 4. The first-order chi connectivity index (χ1) is 21.5. The molecule has 6 nitrogen and oxygen atoms in total. The van der Waals surface area contributed by atoms with Gasteiger partial charge in [-0.25, -0.2) is 0 Å². The third-order valence-electron chi connectivity index (χ3n) is 8.17. The van der Waals surface area contributed by atoms with E-state index in [9.17, 15) is 10.2 Å². The predicted molar refractivity (Wildman–Crippen MR) is 182 cm³/mol. The molecule has 0 amide bonds. The van der Waals surface area contributed by atoms with E-state index in [2.05, 4.69) is 33.8 Å². The molecule has 0 aliphatic carbocycles. The summed E-state index contributed by atoms with van der Waals surface area (Å²) in [7, 11) is 0. The van der Waals surface area contributed by atoms with Gasteiger partial charge in [0, 0.05) is 0 Å². The number of unbranched alkanes of at least 4 members (excludes halogenated alkanes) is 8. The summed E-state index contributed by atoms with van der Waals surface area (Å²) in [5, 5.41) is 27.6. The maximum atomic E-state index is 11.1.